The Labute approximate surface area is 184 Å². The van der Waals surface area contributed by atoms with Gasteiger partial charge in [0.2, 0.25) is 0 Å². The highest BCUT2D eigenvalue weighted by atomic mass is 16.5. The molecular weight excluding hydrogens is 392 g/mol. The molecule has 1 atom stereocenters. The summed E-state index contributed by atoms with van der Waals surface area (Å²) < 4.78 is 12.7. The molecule has 0 aliphatic heterocycles. The van der Waals surface area contributed by atoms with Crippen molar-refractivity contribution in [2.75, 3.05) is 27.2 Å². The first kappa shape index (κ1) is 22.7. The van der Waals surface area contributed by atoms with Gasteiger partial charge in [0.15, 0.2) is 5.65 Å². The van der Waals surface area contributed by atoms with Crippen LogP contribution in [0.5, 0.6) is 5.75 Å². The second-order valence-corrected chi connectivity index (χ2v) is 8.29. The molecule has 0 aliphatic carbocycles. The Balaban J connectivity index is 1.94. The zero-order chi connectivity index (χ0) is 22.5. The van der Waals surface area contributed by atoms with Crippen molar-refractivity contribution in [3.05, 3.63) is 42.1 Å². The summed E-state index contributed by atoms with van der Waals surface area (Å²) in [5.41, 5.74) is 3.38. The van der Waals surface area contributed by atoms with Crippen LogP contribution in [0.3, 0.4) is 0 Å². The van der Waals surface area contributed by atoms with Gasteiger partial charge in [0.1, 0.15) is 24.1 Å². The lowest BCUT2D eigenvalue weighted by molar-refractivity contribution is -0.143. The molecule has 1 aromatic carbocycles. The third-order valence-corrected chi connectivity index (χ3v) is 4.88. The van der Waals surface area contributed by atoms with Crippen molar-refractivity contribution in [1.29, 1.82) is 0 Å². The molecule has 2 aromatic heterocycles. The van der Waals surface area contributed by atoms with Crippen LogP contribution in [-0.4, -0.2) is 59.0 Å². The molecule has 0 saturated heterocycles. The summed E-state index contributed by atoms with van der Waals surface area (Å²) in [5.74, 6) is 0.766. The summed E-state index contributed by atoms with van der Waals surface area (Å²) in [6.45, 7) is 9.24. The van der Waals surface area contributed by atoms with Crippen LogP contribution in [0.15, 0.2) is 36.4 Å². The zero-order valence-electron chi connectivity index (χ0n) is 19.3. The number of fused-ring (bicyclic) bond motifs is 1. The molecule has 3 aromatic rings. The molecule has 3 rings (SSSR count). The first-order valence-corrected chi connectivity index (χ1v) is 10.7. The predicted molar refractivity (Wildman–Crippen MR) is 122 cm³/mol. The zero-order valence-corrected chi connectivity index (χ0v) is 19.3. The molecular formula is C24H32N4O3. The number of benzene rings is 1. The fraction of sp³-hybridized carbons (Fsp3) is 0.458. The quantitative estimate of drug-likeness (QED) is 0.482. The van der Waals surface area contributed by atoms with Gasteiger partial charge >= 0.3 is 5.97 Å². The Morgan fingerprint density at radius 2 is 1.81 bits per heavy atom. The normalized spacial score (nSPS) is 12.5. The standard InChI is InChI=1S/C24H32N4O3/c1-7-30-22(29)15-28-24-20(12-13-21(25-24)16(2)3)23(26-28)18-8-10-19(11-9-18)31-17(4)14-27(5)6/h8-13,16-17H,7,14-15H2,1-6H3. The van der Waals surface area contributed by atoms with Gasteiger partial charge in [-0.1, -0.05) is 13.8 Å². The first-order chi connectivity index (χ1) is 14.8. The van der Waals surface area contributed by atoms with E-state index in [1.807, 2.05) is 50.5 Å². The van der Waals surface area contributed by atoms with Crippen LogP contribution in [0.2, 0.25) is 0 Å². The number of carbonyl (C=O) groups excluding carboxylic acids is 1. The molecule has 0 bridgehead atoms. The van der Waals surface area contributed by atoms with Crippen molar-refractivity contribution in [3.8, 4) is 17.0 Å². The number of hydrogen-bond acceptors (Lipinski definition) is 6. The van der Waals surface area contributed by atoms with Gasteiger partial charge < -0.3 is 14.4 Å². The molecule has 0 saturated carbocycles. The predicted octanol–water partition coefficient (Wildman–Crippen LogP) is 4.11. The van der Waals surface area contributed by atoms with E-state index in [0.717, 1.165) is 34.6 Å². The molecule has 0 radical (unpaired) electrons. The van der Waals surface area contributed by atoms with Gasteiger partial charge in [-0.2, -0.15) is 5.10 Å². The lowest BCUT2D eigenvalue weighted by Crippen LogP contribution is -2.27. The maximum atomic E-state index is 12.1. The Hall–Kier alpha value is -2.93. The van der Waals surface area contributed by atoms with Gasteiger partial charge in [0, 0.05) is 23.2 Å². The number of esters is 1. The molecule has 2 heterocycles. The summed E-state index contributed by atoms with van der Waals surface area (Å²) in [6.07, 6.45) is 0.0871. The van der Waals surface area contributed by atoms with Gasteiger partial charge in [0.25, 0.3) is 0 Å². The highest BCUT2D eigenvalue weighted by Crippen LogP contribution is 2.30. The van der Waals surface area contributed by atoms with Crippen LogP contribution in [0.1, 0.15) is 39.3 Å². The number of ether oxygens (including phenoxy) is 2. The number of rotatable bonds is 9. The van der Waals surface area contributed by atoms with Crippen molar-refractivity contribution >= 4 is 17.0 Å². The minimum absolute atomic E-state index is 0.0299. The molecule has 7 nitrogen and oxygen atoms in total. The molecule has 0 aliphatic rings. The summed E-state index contributed by atoms with van der Waals surface area (Å²) in [6, 6.07) is 11.9. The van der Waals surface area contributed by atoms with Gasteiger partial charge in [-0.3, -0.25) is 4.79 Å². The van der Waals surface area contributed by atoms with E-state index >= 15 is 0 Å². The van der Waals surface area contributed by atoms with E-state index in [4.69, 9.17) is 19.6 Å². The fourth-order valence-corrected chi connectivity index (χ4v) is 3.52. The molecule has 31 heavy (non-hydrogen) atoms. The van der Waals surface area contributed by atoms with Gasteiger partial charge in [0.05, 0.1) is 6.61 Å². The minimum atomic E-state index is -0.325. The summed E-state index contributed by atoms with van der Waals surface area (Å²) in [4.78, 5) is 19.0. The van der Waals surface area contributed by atoms with Crippen LogP contribution >= 0.6 is 0 Å². The molecule has 0 spiro atoms. The Kier molecular flexibility index (Phi) is 7.28. The Morgan fingerprint density at radius 1 is 1.10 bits per heavy atom. The number of nitrogens with zero attached hydrogens (tertiary/aromatic N) is 4. The van der Waals surface area contributed by atoms with Crippen molar-refractivity contribution < 1.29 is 14.3 Å². The number of carbonyl (C=O) groups is 1. The summed E-state index contributed by atoms with van der Waals surface area (Å²) in [7, 11) is 4.05. The second-order valence-electron chi connectivity index (χ2n) is 8.29. The molecule has 0 amide bonds. The second kappa shape index (κ2) is 9.92. The van der Waals surface area contributed by atoms with Crippen LogP contribution in [0, 0.1) is 0 Å². The fourth-order valence-electron chi connectivity index (χ4n) is 3.52. The molecule has 7 heteroatoms. The first-order valence-electron chi connectivity index (χ1n) is 10.7. The van der Waals surface area contributed by atoms with Gasteiger partial charge in [-0.05, 0) is 70.3 Å². The smallest absolute Gasteiger partial charge is 0.327 e. The number of pyridine rings is 1. The van der Waals surface area contributed by atoms with Crippen molar-refractivity contribution in [1.82, 2.24) is 19.7 Å². The Bertz CT molecular complexity index is 1030. The average molecular weight is 425 g/mol. The highest BCUT2D eigenvalue weighted by Gasteiger charge is 2.18. The van der Waals surface area contributed by atoms with Crippen LogP contribution in [-0.2, 0) is 16.1 Å². The van der Waals surface area contributed by atoms with E-state index < -0.39 is 0 Å². The third kappa shape index (κ3) is 5.61. The van der Waals surface area contributed by atoms with Crippen LogP contribution < -0.4 is 4.74 Å². The highest BCUT2D eigenvalue weighted by molar-refractivity contribution is 5.92. The lowest BCUT2D eigenvalue weighted by Gasteiger charge is -2.18. The van der Waals surface area contributed by atoms with E-state index in [1.165, 1.54) is 0 Å². The topological polar surface area (TPSA) is 69.5 Å². The molecule has 0 N–H and O–H groups in total. The number of aromatic nitrogens is 3. The van der Waals surface area contributed by atoms with E-state index in [-0.39, 0.29) is 24.5 Å². The lowest BCUT2D eigenvalue weighted by atomic mass is 10.1. The van der Waals surface area contributed by atoms with Crippen molar-refractivity contribution in [2.24, 2.45) is 0 Å². The third-order valence-electron chi connectivity index (χ3n) is 4.88. The summed E-state index contributed by atoms with van der Waals surface area (Å²) >= 11 is 0. The minimum Gasteiger partial charge on any atom is -0.489 e. The van der Waals surface area contributed by atoms with Crippen LogP contribution in [0.4, 0.5) is 0 Å². The molecule has 0 fully saturated rings. The monoisotopic (exact) mass is 424 g/mol. The Morgan fingerprint density at radius 3 is 2.42 bits per heavy atom. The number of hydrogen-bond donors (Lipinski definition) is 0. The van der Waals surface area contributed by atoms with Crippen LogP contribution in [0.25, 0.3) is 22.3 Å². The molecule has 166 valence electrons. The average Bonchev–Trinajstić information content (AvgIpc) is 3.05. The SMILES string of the molecule is CCOC(=O)Cn1nc(-c2ccc(OC(C)CN(C)C)cc2)c2ccc(C(C)C)nc21. The van der Waals surface area contributed by atoms with E-state index in [0.29, 0.717) is 12.3 Å². The summed E-state index contributed by atoms with van der Waals surface area (Å²) in [5, 5.41) is 5.62. The van der Waals surface area contributed by atoms with E-state index in [1.54, 1.807) is 11.6 Å². The maximum absolute atomic E-state index is 12.1. The number of likely N-dealkylation sites (N-methyl/N-ethyl adjacent to an activating group) is 1. The van der Waals surface area contributed by atoms with Gasteiger partial charge in [-0.15, -0.1) is 0 Å². The molecule has 1 unspecified atom stereocenters. The van der Waals surface area contributed by atoms with Crippen molar-refractivity contribution in [3.63, 3.8) is 0 Å². The van der Waals surface area contributed by atoms with Gasteiger partial charge in [-0.25, -0.2) is 9.67 Å². The van der Waals surface area contributed by atoms with E-state index in [2.05, 4.69) is 25.7 Å². The van der Waals surface area contributed by atoms with E-state index in [9.17, 15) is 4.79 Å². The maximum Gasteiger partial charge on any atom is 0.327 e. The van der Waals surface area contributed by atoms with Crippen molar-refractivity contribution in [2.45, 2.75) is 46.3 Å². The largest absolute Gasteiger partial charge is 0.489 e.